The van der Waals surface area contributed by atoms with Gasteiger partial charge in [0.1, 0.15) is 5.54 Å². The Morgan fingerprint density at radius 2 is 2.03 bits per heavy atom. The number of thioether (sulfide) groups is 1. The third kappa shape index (κ3) is 4.52. The van der Waals surface area contributed by atoms with Gasteiger partial charge in [0, 0.05) is 18.0 Å². The molecule has 2 aromatic heterocycles. The molecule has 0 aliphatic rings. The molecule has 0 bridgehead atoms. The van der Waals surface area contributed by atoms with Crippen LogP contribution in [0.3, 0.4) is 0 Å². The lowest BCUT2D eigenvalue weighted by Gasteiger charge is -2.27. The smallest absolute Gasteiger partial charge is 0.231 e. The van der Waals surface area contributed by atoms with Crippen LogP contribution in [0.2, 0.25) is 0 Å². The first-order valence-electron chi connectivity index (χ1n) is 9.62. The van der Waals surface area contributed by atoms with Crippen molar-refractivity contribution in [1.29, 1.82) is 5.26 Å². The van der Waals surface area contributed by atoms with E-state index >= 15 is 0 Å². The molecule has 8 heteroatoms. The number of aromatic nitrogens is 4. The third-order valence-corrected chi connectivity index (χ3v) is 5.96. The van der Waals surface area contributed by atoms with E-state index in [2.05, 4.69) is 26.6 Å². The lowest BCUT2D eigenvalue weighted by molar-refractivity contribution is -0.120. The molecule has 0 saturated heterocycles. The van der Waals surface area contributed by atoms with E-state index in [9.17, 15) is 10.1 Å². The molecule has 0 unspecified atom stereocenters. The third-order valence-electron chi connectivity index (χ3n) is 5.03. The minimum atomic E-state index is -0.914. The molecule has 0 spiro atoms. The summed E-state index contributed by atoms with van der Waals surface area (Å²) >= 11 is 1.28. The summed E-state index contributed by atoms with van der Waals surface area (Å²) in [5, 5.41) is 21.6. The van der Waals surface area contributed by atoms with Crippen molar-refractivity contribution in [1.82, 2.24) is 25.1 Å². The summed E-state index contributed by atoms with van der Waals surface area (Å²) in [7, 11) is 0. The van der Waals surface area contributed by atoms with E-state index < -0.39 is 5.54 Å². The van der Waals surface area contributed by atoms with Crippen molar-refractivity contribution in [2.75, 3.05) is 5.75 Å². The van der Waals surface area contributed by atoms with Gasteiger partial charge in [-0.1, -0.05) is 43.8 Å². The number of nitriles is 1. The molecule has 0 radical (unpaired) electrons. The van der Waals surface area contributed by atoms with Crippen LogP contribution >= 0.6 is 11.8 Å². The van der Waals surface area contributed by atoms with E-state index in [1.165, 1.54) is 11.8 Å². The first kappa shape index (κ1) is 21.5. The number of benzene rings is 1. The van der Waals surface area contributed by atoms with Crippen molar-refractivity contribution in [2.45, 2.75) is 38.4 Å². The number of aryl methyl sites for hydroxylation is 1. The van der Waals surface area contributed by atoms with E-state index in [0.29, 0.717) is 11.0 Å². The van der Waals surface area contributed by atoms with Gasteiger partial charge >= 0.3 is 0 Å². The maximum Gasteiger partial charge on any atom is 0.231 e. The molecule has 1 atom stereocenters. The van der Waals surface area contributed by atoms with Crippen LogP contribution in [-0.4, -0.2) is 36.9 Å². The highest BCUT2D eigenvalue weighted by molar-refractivity contribution is 7.99. The minimum Gasteiger partial charge on any atom is -0.337 e. The number of carbonyl (C=O) groups is 1. The zero-order valence-electron chi connectivity index (χ0n) is 17.5. The van der Waals surface area contributed by atoms with Crippen LogP contribution in [0.1, 0.15) is 26.3 Å². The average molecular weight is 421 g/mol. The number of hydrogen-bond donors (Lipinski definition) is 1. The summed E-state index contributed by atoms with van der Waals surface area (Å²) in [5.74, 6) is 0.551. The Hall–Kier alpha value is -3.18. The Morgan fingerprint density at radius 3 is 2.67 bits per heavy atom. The zero-order valence-corrected chi connectivity index (χ0v) is 18.3. The zero-order chi connectivity index (χ0) is 21.7. The fourth-order valence-electron chi connectivity index (χ4n) is 2.83. The van der Waals surface area contributed by atoms with Gasteiger partial charge in [-0.15, -0.1) is 10.2 Å². The second-order valence-electron chi connectivity index (χ2n) is 7.48. The molecule has 3 rings (SSSR count). The maximum atomic E-state index is 12.5. The van der Waals surface area contributed by atoms with Crippen LogP contribution in [0.15, 0.2) is 53.9 Å². The van der Waals surface area contributed by atoms with Crippen molar-refractivity contribution in [3.63, 3.8) is 0 Å². The number of amides is 1. The van der Waals surface area contributed by atoms with Gasteiger partial charge in [-0.3, -0.25) is 14.3 Å². The van der Waals surface area contributed by atoms with Crippen LogP contribution in [0.5, 0.6) is 0 Å². The van der Waals surface area contributed by atoms with Gasteiger partial charge in [0.2, 0.25) is 5.91 Å². The van der Waals surface area contributed by atoms with Crippen molar-refractivity contribution >= 4 is 17.7 Å². The van der Waals surface area contributed by atoms with E-state index in [1.807, 2.05) is 61.7 Å². The molecule has 7 nitrogen and oxygen atoms in total. The normalized spacial score (nSPS) is 12.9. The fourth-order valence-corrected chi connectivity index (χ4v) is 3.58. The molecule has 1 N–H and O–H groups in total. The summed E-state index contributed by atoms with van der Waals surface area (Å²) in [4.78, 5) is 16.7. The topological polar surface area (TPSA) is 96.5 Å². The predicted octanol–water partition coefficient (Wildman–Crippen LogP) is 3.78. The van der Waals surface area contributed by atoms with Gasteiger partial charge in [-0.05, 0) is 43.5 Å². The molecule has 0 aliphatic heterocycles. The second kappa shape index (κ2) is 9.09. The van der Waals surface area contributed by atoms with Crippen molar-refractivity contribution < 1.29 is 4.79 Å². The molecule has 1 amide bonds. The molecule has 1 aromatic carbocycles. The number of nitrogens with zero attached hydrogens (tertiary/aromatic N) is 5. The Bertz CT molecular complexity index is 1070. The monoisotopic (exact) mass is 420 g/mol. The van der Waals surface area contributed by atoms with Crippen LogP contribution in [0, 0.1) is 24.2 Å². The second-order valence-corrected chi connectivity index (χ2v) is 8.42. The highest BCUT2D eigenvalue weighted by Gasteiger charge is 2.30. The first-order chi connectivity index (χ1) is 14.4. The van der Waals surface area contributed by atoms with Crippen molar-refractivity contribution in [2.24, 2.45) is 5.92 Å². The van der Waals surface area contributed by atoms with E-state index in [4.69, 9.17) is 0 Å². The standard InChI is InChI=1S/C22H24N6OS/c1-15(2)22(4,14-23)25-19(29)13-30-21-27-26-20(17-9-7-11-24-12-17)28(21)18-10-6-5-8-16(18)3/h5-12,15H,13H2,1-4H3,(H,25,29)/t22-/m1/s1. The summed E-state index contributed by atoms with van der Waals surface area (Å²) in [6, 6.07) is 13.9. The SMILES string of the molecule is Cc1ccccc1-n1c(SCC(=O)N[C@](C)(C#N)C(C)C)nnc1-c1cccnc1. The molecule has 3 aromatic rings. The fraction of sp³-hybridized carbons (Fsp3) is 0.318. The Labute approximate surface area is 180 Å². The minimum absolute atomic E-state index is 0.00995. The van der Waals surface area contributed by atoms with Crippen LogP contribution < -0.4 is 5.32 Å². The predicted molar refractivity (Wildman–Crippen MR) is 117 cm³/mol. The van der Waals surface area contributed by atoms with Gasteiger partial charge in [-0.2, -0.15) is 5.26 Å². The Balaban J connectivity index is 1.91. The van der Waals surface area contributed by atoms with Crippen molar-refractivity contribution in [3.05, 3.63) is 54.4 Å². The summed E-state index contributed by atoms with van der Waals surface area (Å²) < 4.78 is 1.94. The Morgan fingerprint density at radius 1 is 1.27 bits per heavy atom. The van der Waals surface area contributed by atoms with Gasteiger partial charge in [0.05, 0.1) is 17.5 Å². The summed E-state index contributed by atoms with van der Waals surface area (Å²) in [6.07, 6.45) is 3.44. The van der Waals surface area contributed by atoms with Gasteiger partial charge in [0.25, 0.3) is 0 Å². The first-order valence-corrected chi connectivity index (χ1v) is 10.6. The molecule has 30 heavy (non-hydrogen) atoms. The highest BCUT2D eigenvalue weighted by atomic mass is 32.2. The van der Waals surface area contributed by atoms with E-state index in [1.54, 1.807) is 19.3 Å². The van der Waals surface area contributed by atoms with Gasteiger partial charge < -0.3 is 5.32 Å². The quantitative estimate of drug-likeness (QED) is 0.584. The molecule has 0 fully saturated rings. The van der Waals surface area contributed by atoms with Crippen molar-refractivity contribution in [3.8, 4) is 23.1 Å². The average Bonchev–Trinajstić information content (AvgIpc) is 3.16. The number of carbonyl (C=O) groups excluding carboxylic acids is 1. The summed E-state index contributed by atoms with van der Waals surface area (Å²) in [6.45, 7) is 7.57. The number of pyridine rings is 1. The van der Waals surface area contributed by atoms with Gasteiger partial charge in [-0.25, -0.2) is 0 Å². The van der Waals surface area contributed by atoms with E-state index in [-0.39, 0.29) is 17.6 Å². The van der Waals surface area contributed by atoms with Crippen LogP contribution in [0.4, 0.5) is 0 Å². The van der Waals surface area contributed by atoms with Crippen LogP contribution in [0.25, 0.3) is 17.1 Å². The maximum absolute atomic E-state index is 12.5. The van der Waals surface area contributed by atoms with Crippen LogP contribution in [-0.2, 0) is 4.79 Å². The number of nitrogens with one attached hydrogen (secondary N) is 1. The number of rotatable bonds is 7. The summed E-state index contributed by atoms with van der Waals surface area (Å²) in [5.41, 5.74) is 1.92. The van der Waals surface area contributed by atoms with Gasteiger partial charge in [0.15, 0.2) is 11.0 Å². The highest BCUT2D eigenvalue weighted by Crippen LogP contribution is 2.29. The largest absolute Gasteiger partial charge is 0.337 e. The molecule has 2 heterocycles. The Kier molecular flexibility index (Phi) is 6.53. The molecule has 0 aliphatic carbocycles. The number of hydrogen-bond acceptors (Lipinski definition) is 6. The number of para-hydroxylation sites is 1. The lowest BCUT2D eigenvalue weighted by Crippen LogP contribution is -2.49. The molecule has 0 saturated carbocycles. The van der Waals surface area contributed by atoms with E-state index in [0.717, 1.165) is 16.8 Å². The lowest BCUT2D eigenvalue weighted by atomic mass is 9.90. The molecular formula is C22H24N6OS. The molecular weight excluding hydrogens is 396 g/mol. The molecule has 154 valence electrons.